The summed E-state index contributed by atoms with van der Waals surface area (Å²) >= 11 is 0. The van der Waals surface area contributed by atoms with Gasteiger partial charge in [-0.15, -0.1) is 49.6 Å². The summed E-state index contributed by atoms with van der Waals surface area (Å²) in [6.07, 6.45) is 3.80. The minimum atomic E-state index is -0.189. The number of hydrogen-bond donors (Lipinski definition) is 3. The van der Waals surface area contributed by atoms with Crippen molar-refractivity contribution in [2.24, 2.45) is 5.84 Å². The standard InChI is InChI=1S/C18H24N6O.4ClH/c19-23-18(25)13-15-3-1-14(2-4-15)5-6-16-21-8-7-17(22-16)24-11-9-20-10-12-24;;;;/h1-4,7-8,20H,5-6,9-13,19H2,(H,23,25);4*1H. The summed E-state index contributed by atoms with van der Waals surface area (Å²) in [5, 5.41) is 3.35. The van der Waals surface area contributed by atoms with Gasteiger partial charge in [0.05, 0.1) is 6.42 Å². The van der Waals surface area contributed by atoms with Gasteiger partial charge in [-0.2, -0.15) is 0 Å². The highest BCUT2D eigenvalue weighted by Gasteiger charge is 2.12. The molecule has 1 aromatic heterocycles. The Morgan fingerprint density at radius 1 is 1.00 bits per heavy atom. The van der Waals surface area contributed by atoms with Gasteiger partial charge in [-0.1, -0.05) is 24.3 Å². The molecule has 3 rings (SSSR count). The van der Waals surface area contributed by atoms with Crippen molar-refractivity contribution in [2.45, 2.75) is 19.3 Å². The predicted molar refractivity (Wildman–Crippen MR) is 126 cm³/mol. The van der Waals surface area contributed by atoms with Gasteiger partial charge < -0.3 is 10.2 Å². The van der Waals surface area contributed by atoms with E-state index in [-0.39, 0.29) is 55.5 Å². The third-order valence-electron chi connectivity index (χ3n) is 4.32. The van der Waals surface area contributed by atoms with Crippen LogP contribution in [0.3, 0.4) is 0 Å². The Balaban J connectivity index is 0. The monoisotopic (exact) mass is 484 g/mol. The van der Waals surface area contributed by atoms with Gasteiger partial charge in [0.1, 0.15) is 11.6 Å². The molecule has 1 aliphatic heterocycles. The Labute approximate surface area is 196 Å². The van der Waals surface area contributed by atoms with Crippen LogP contribution in [0.1, 0.15) is 17.0 Å². The SMILES string of the molecule is Cl.Cl.Cl.Cl.NNC(=O)Cc1ccc(CCc2nccc(N3CCNCC3)n2)cc1. The number of anilines is 1. The van der Waals surface area contributed by atoms with E-state index in [0.717, 1.165) is 56.2 Å². The van der Waals surface area contributed by atoms with Gasteiger partial charge in [0.15, 0.2) is 0 Å². The molecular weight excluding hydrogens is 458 g/mol. The van der Waals surface area contributed by atoms with Crippen LogP contribution in [0.15, 0.2) is 36.5 Å². The molecule has 2 heterocycles. The number of carbonyl (C=O) groups excluding carboxylic acids is 1. The van der Waals surface area contributed by atoms with E-state index in [9.17, 15) is 4.79 Å². The van der Waals surface area contributed by atoms with Gasteiger partial charge in [0.25, 0.3) is 0 Å². The highest BCUT2D eigenvalue weighted by Crippen LogP contribution is 2.12. The molecule has 2 aromatic rings. The number of halogens is 4. The fourth-order valence-corrected chi connectivity index (χ4v) is 2.90. The molecule has 0 saturated carbocycles. The maximum atomic E-state index is 11.3. The van der Waals surface area contributed by atoms with Crippen LogP contribution in [0, 0.1) is 0 Å². The van der Waals surface area contributed by atoms with Crippen molar-refractivity contribution in [1.29, 1.82) is 0 Å². The van der Waals surface area contributed by atoms with Crippen molar-refractivity contribution in [2.75, 3.05) is 31.1 Å². The van der Waals surface area contributed by atoms with Crippen LogP contribution in [0.25, 0.3) is 0 Å². The molecule has 0 radical (unpaired) electrons. The summed E-state index contributed by atoms with van der Waals surface area (Å²) in [5.74, 6) is 6.79. The van der Waals surface area contributed by atoms with E-state index in [1.807, 2.05) is 36.5 Å². The molecule has 1 amide bonds. The zero-order chi connectivity index (χ0) is 17.5. The second kappa shape index (κ2) is 15.5. The largest absolute Gasteiger partial charge is 0.354 e. The fraction of sp³-hybridized carbons (Fsp3) is 0.389. The molecular formula is C18H28Cl4N6O. The van der Waals surface area contributed by atoms with E-state index in [1.165, 1.54) is 5.56 Å². The Morgan fingerprint density at radius 3 is 2.24 bits per heavy atom. The highest BCUT2D eigenvalue weighted by molar-refractivity contribution is 5.86. The number of hydrazine groups is 1. The molecule has 1 aromatic carbocycles. The van der Waals surface area contributed by atoms with Gasteiger partial charge in [0.2, 0.25) is 5.91 Å². The molecule has 0 aliphatic carbocycles. The maximum absolute atomic E-state index is 11.3. The third-order valence-corrected chi connectivity index (χ3v) is 4.32. The lowest BCUT2D eigenvalue weighted by Crippen LogP contribution is -2.44. The number of carbonyl (C=O) groups is 1. The topological polar surface area (TPSA) is 96.2 Å². The number of benzene rings is 1. The molecule has 0 bridgehead atoms. The van der Waals surface area contributed by atoms with Gasteiger partial charge in [-0.3, -0.25) is 10.2 Å². The normalized spacial score (nSPS) is 12.4. The number of nitrogens with zero attached hydrogens (tertiary/aromatic N) is 3. The number of hydrogen-bond acceptors (Lipinski definition) is 6. The summed E-state index contributed by atoms with van der Waals surface area (Å²) in [6, 6.07) is 9.98. The summed E-state index contributed by atoms with van der Waals surface area (Å²) in [7, 11) is 0. The van der Waals surface area contributed by atoms with E-state index in [0.29, 0.717) is 6.42 Å². The number of amides is 1. The Bertz CT molecular complexity index is 714. The Kier molecular flexibility index (Phi) is 15.9. The van der Waals surface area contributed by atoms with Crippen LogP contribution < -0.4 is 21.5 Å². The van der Waals surface area contributed by atoms with Crippen LogP contribution in [-0.2, 0) is 24.1 Å². The van der Waals surface area contributed by atoms with Gasteiger partial charge in [0, 0.05) is 38.8 Å². The number of rotatable bonds is 6. The molecule has 11 heteroatoms. The number of aryl methyl sites for hydroxylation is 2. The summed E-state index contributed by atoms with van der Waals surface area (Å²) in [5.41, 5.74) is 4.29. The number of nitrogens with two attached hydrogens (primary N) is 1. The first-order chi connectivity index (χ1) is 12.2. The summed E-state index contributed by atoms with van der Waals surface area (Å²) in [6.45, 7) is 3.95. The maximum Gasteiger partial charge on any atom is 0.238 e. The first kappa shape index (κ1) is 29.8. The Morgan fingerprint density at radius 2 is 1.62 bits per heavy atom. The van der Waals surface area contributed by atoms with Crippen molar-refractivity contribution >= 4 is 61.4 Å². The molecule has 0 spiro atoms. The molecule has 29 heavy (non-hydrogen) atoms. The smallest absolute Gasteiger partial charge is 0.238 e. The Hall–Kier alpha value is -1.35. The van der Waals surface area contributed by atoms with Crippen molar-refractivity contribution in [3.63, 3.8) is 0 Å². The van der Waals surface area contributed by atoms with Crippen LogP contribution in [0.4, 0.5) is 5.82 Å². The number of nitrogens with one attached hydrogen (secondary N) is 2. The third kappa shape index (κ3) is 9.33. The average Bonchev–Trinajstić information content (AvgIpc) is 2.68. The van der Waals surface area contributed by atoms with E-state index >= 15 is 0 Å². The fourth-order valence-electron chi connectivity index (χ4n) is 2.90. The van der Waals surface area contributed by atoms with E-state index in [4.69, 9.17) is 10.8 Å². The van der Waals surface area contributed by atoms with Crippen LogP contribution in [0.2, 0.25) is 0 Å². The minimum absolute atomic E-state index is 0. The van der Waals surface area contributed by atoms with Crippen molar-refractivity contribution in [1.82, 2.24) is 20.7 Å². The quantitative estimate of drug-likeness (QED) is 0.328. The number of piperazine rings is 1. The van der Waals surface area contributed by atoms with Crippen molar-refractivity contribution in [3.8, 4) is 0 Å². The van der Waals surface area contributed by atoms with Gasteiger partial charge >= 0.3 is 0 Å². The second-order valence-corrected chi connectivity index (χ2v) is 6.13. The first-order valence-corrected chi connectivity index (χ1v) is 8.59. The molecule has 1 aliphatic rings. The molecule has 1 saturated heterocycles. The molecule has 7 nitrogen and oxygen atoms in total. The van der Waals surface area contributed by atoms with Crippen LogP contribution in [-0.4, -0.2) is 42.1 Å². The van der Waals surface area contributed by atoms with E-state index in [1.54, 1.807) is 0 Å². The van der Waals surface area contributed by atoms with Crippen LogP contribution >= 0.6 is 49.6 Å². The average molecular weight is 486 g/mol. The lowest BCUT2D eigenvalue weighted by Gasteiger charge is -2.28. The van der Waals surface area contributed by atoms with Crippen molar-refractivity contribution in [3.05, 3.63) is 53.5 Å². The highest BCUT2D eigenvalue weighted by atomic mass is 35.5. The van der Waals surface area contributed by atoms with Gasteiger partial charge in [-0.05, 0) is 23.6 Å². The molecule has 1 fully saturated rings. The van der Waals surface area contributed by atoms with E-state index in [2.05, 4.69) is 20.6 Å². The number of aromatic nitrogens is 2. The molecule has 4 N–H and O–H groups in total. The van der Waals surface area contributed by atoms with E-state index < -0.39 is 0 Å². The molecule has 0 unspecified atom stereocenters. The zero-order valence-electron chi connectivity index (χ0n) is 15.9. The van der Waals surface area contributed by atoms with Crippen molar-refractivity contribution < 1.29 is 4.79 Å². The lowest BCUT2D eigenvalue weighted by molar-refractivity contribution is -0.120. The first-order valence-electron chi connectivity index (χ1n) is 8.59. The summed E-state index contributed by atoms with van der Waals surface area (Å²) < 4.78 is 0. The second-order valence-electron chi connectivity index (χ2n) is 6.13. The van der Waals surface area contributed by atoms with Crippen LogP contribution in [0.5, 0.6) is 0 Å². The van der Waals surface area contributed by atoms with Gasteiger partial charge in [-0.25, -0.2) is 15.8 Å². The molecule has 0 atom stereocenters. The summed E-state index contributed by atoms with van der Waals surface area (Å²) in [4.78, 5) is 22.7. The predicted octanol–water partition coefficient (Wildman–Crippen LogP) is 1.89. The zero-order valence-corrected chi connectivity index (χ0v) is 19.1. The lowest BCUT2D eigenvalue weighted by atomic mass is 10.1. The molecule has 164 valence electrons. The minimum Gasteiger partial charge on any atom is -0.354 e.